The van der Waals surface area contributed by atoms with Crippen molar-refractivity contribution in [2.45, 2.75) is 19.8 Å². The molecule has 8 heteroatoms. The Morgan fingerprint density at radius 1 is 1.15 bits per heavy atom. The first kappa shape index (κ1) is 17.3. The number of carbonyl (C=O) groups is 3. The third-order valence-electron chi connectivity index (χ3n) is 3.97. The molecule has 0 bridgehead atoms. The summed E-state index contributed by atoms with van der Waals surface area (Å²) in [6, 6.07) is 10.1. The molecular formula is C18H14N2O6. The molecule has 0 radical (unpaired) electrons. The van der Waals surface area contributed by atoms with Gasteiger partial charge in [-0.05, 0) is 29.8 Å². The fraction of sp³-hybridized carbons (Fsp3) is 0.167. The fourth-order valence-electron chi connectivity index (χ4n) is 2.62. The van der Waals surface area contributed by atoms with Crippen molar-refractivity contribution in [2.24, 2.45) is 0 Å². The number of fused-ring (bicyclic) bond motifs is 1. The second kappa shape index (κ2) is 6.75. The first-order chi connectivity index (χ1) is 12.4. The average molecular weight is 354 g/mol. The summed E-state index contributed by atoms with van der Waals surface area (Å²) in [7, 11) is 0. The highest BCUT2D eigenvalue weighted by Gasteiger charge is 2.33. The minimum atomic E-state index is -0.920. The number of rotatable bonds is 4. The van der Waals surface area contributed by atoms with Crippen LogP contribution < -0.4 is 0 Å². The second-order valence-electron chi connectivity index (χ2n) is 5.80. The van der Waals surface area contributed by atoms with E-state index in [0.29, 0.717) is 10.4 Å². The molecule has 2 aromatic carbocycles. The number of benzene rings is 2. The third kappa shape index (κ3) is 3.30. The molecule has 0 aliphatic carbocycles. The molecule has 0 spiro atoms. The Labute approximate surface area is 147 Å². The number of nitro groups is 1. The van der Waals surface area contributed by atoms with Crippen molar-refractivity contribution in [3.8, 4) is 0 Å². The van der Waals surface area contributed by atoms with Gasteiger partial charge in [0.05, 0.1) is 10.5 Å². The van der Waals surface area contributed by atoms with Gasteiger partial charge >= 0.3 is 5.97 Å². The summed E-state index contributed by atoms with van der Waals surface area (Å²) >= 11 is 0. The number of nitrogens with zero attached hydrogens (tertiary/aromatic N) is 2. The van der Waals surface area contributed by atoms with Gasteiger partial charge in [0.25, 0.3) is 17.5 Å². The molecule has 1 aliphatic heterocycles. The van der Waals surface area contributed by atoms with Crippen molar-refractivity contribution in [3.05, 3.63) is 57.6 Å². The van der Waals surface area contributed by atoms with E-state index in [1.165, 1.54) is 19.1 Å². The molecule has 0 saturated carbocycles. The number of hydrogen-bond acceptors (Lipinski definition) is 6. The highest BCUT2D eigenvalue weighted by molar-refractivity contribution is 6.03. The molecule has 3 rings (SSSR count). The smallest absolute Gasteiger partial charge is 0.325 e. The van der Waals surface area contributed by atoms with Crippen LogP contribution in [0.4, 0.5) is 5.69 Å². The maximum atomic E-state index is 12.1. The molecule has 1 fully saturated rings. The maximum absolute atomic E-state index is 12.1. The van der Waals surface area contributed by atoms with E-state index < -0.39 is 22.7 Å². The highest BCUT2D eigenvalue weighted by Crippen LogP contribution is 2.28. The summed E-state index contributed by atoms with van der Waals surface area (Å²) in [5, 5.41) is 13.3. The van der Waals surface area contributed by atoms with Crippen LogP contribution in [0, 0.1) is 10.1 Å². The Morgan fingerprint density at radius 2 is 1.73 bits per heavy atom. The summed E-state index contributed by atoms with van der Waals surface area (Å²) in [5.74, 6) is -2.10. The number of imide groups is 1. The van der Waals surface area contributed by atoms with Crippen molar-refractivity contribution < 1.29 is 24.1 Å². The quantitative estimate of drug-likeness (QED) is 0.362. The van der Waals surface area contributed by atoms with Gasteiger partial charge in [0.1, 0.15) is 0 Å². The first-order valence-corrected chi connectivity index (χ1v) is 7.80. The molecule has 1 heterocycles. The minimum Gasteiger partial charge on any atom is -0.325 e. The van der Waals surface area contributed by atoms with E-state index >= 15 is 0 Å². The standard InChI is InChI=1S/C18H14N2O6/c1-11(18(23)26-19-16(21)6-7-17(19)22)8-14-9-12-4-2-3-5-13(12)10-15(14)20(24)25/h2-5,8-10H,6-7H2,1H3. The van der Waals surface area contributed by atoms with Gasteiger partial charge in [-0.1, -0.05) is 24.3 Å². The lowest BCUT2D eigenvalue weighted by Crippen LogP contribution is -2.32. The predicted molar refractivity (Wildman–Crippen MR) is 91.4 cm³/mol. The molecule has 2 amide bonds. The van der Waals surface area contributed by atoms with Gasteiger partial charge < -0.3 is 4.84 Å². The van der Waals surface area contributed by atoms with Crippen LogP contribution in [0.2, 0.25) is 0 Å². The molecule has 1 saturated heterocycles. The summed E-state index contributed by atoms with van der Waals surface area (Å²) in [6.45, 7) is 1.40. The Morgan fingerprint density at radius 3 is 2.31 bits per heavy atom. The fourth-order valence-corrected chi connectivity index (χ4v) is 2.62. The van der Waals surface area contributed by atoms with Gasteiger partial charge in [0.2, 0.25) is 0 Å². The number of hydroxylamine groups is 2. The molecule has 0 atom stereocenters. The maximum Gasteiger partial charge on any atom is 0.359 e. The van der Waals surface area contributed by atoms with Crippen LogP contribution in [-0.2, 0) is 19.2 Å². The number of amides is 2. The molecule has 2 aromatic rings. The van der Waals surface area contributed by atoms with Crippen LogP contribution >= 0.6 is 0 Å². The molecule has 1 aliphatic rings. The SMILES string of the molecule is CC(=Cc1cc2ccccc2cc1[N+](=O)[O-])C(=O)ON1C(=O)CCC1=O. The lowest BCUT2D eigenvalue weighted by molar-refractivity contribution is -0.384. The molecule has 132 valence electrons. The van der Waals surface area contributed by atoms with Crippen molar-refractivity contribution in [1.82, 2.24) is 5.06 Å². The molecule has 8 nitrogen and oxygen atoms in total. The normalized spacial score (nSPS) is 14.8. The van der Waals surface area contributed by atoms with Gasteiger partial charge in [-0.3, -0.25) is 19.7 Å². The van der Waals surface area contributed by atoms with Crippen molar-refractivity contribution in [3.63, 3.8) is 0 Å². The summed E-state index contributed by atoms with van der Waals surface area (Å²) < 4.78 is 0. The van der Waals surface area contributed by atoms with E-state index in [0.717, 1.165) is 5.39 Å². The molecule has 0 aromatic heterocycles. The van der Waals surface area contributed by atoms with Crippen LogP contribution in [0.5, 0.6) is 0 Å². The van der Waals surface area contributed by atoms with E-state index in [2.05, 4.69) is 0 Å². The number of carbonyl (C=O) groups excluding carboxylic acids is 3. The third-order valence-corrected chi connectivity index (χ3v) is 3.97. The predicted octanol–water partition coefficient (Wildman–Crippen LogP) is 2.76. The zero-order chi connectivity index (χ0) is 18.8. The number of hydrogen-bond donors (Lipinski definition) is 0. The first-order valence-electron chi connectivity index (χ1n) is 7.80. The highest BCUT2D eigenvalue weighted by atomic mass is 16.7. The Hall–Kier alpha value is -3.55. The lowest BCUT2D eigenvalue weighted by atomic mass is 10.0. The van der Waals surface area contributed by atoms with E-state index in [-0.39, 0.29) is 29.7 Å². The van der Waals surface area contributed by atoms with Crippen molar-refractivity contribution in [1.29, 1.82) is 0 Å². The lowest BCUT2D eigenvalue weighted by Gasteiger charge is -2.12. The van der Waals surface area contributed by atoms with Crippen LogP contribution in [0.3, 0.4) is 0 Å². The van der Waals surface area contributed by atoms with Gasteiger partial charge in [0, 0.05) is 24.5 Å². The Balaban J connectivity index is 1.93. The molecular weight excluding hydrogens is 340 g/mol. The summed E-state index contributed by atoms with van der Waals surface area (Å²) in [4.78, 5) is 50.8. The summed E-state index contributed by atoms with van der Waals surface area (Å²) in [5.41, 5.74) is 0.0854. The van der Waals surface area contributed by atoms with E-state index in [1.54, 1.807) is 30.3 Å². The van der Waals surface area contributed by atoms with Crippen LogP contribution in [0.1, 0.15) is 25.3 Å². The summed E-state index contributed by atoms with van der Waals surface area (Å²) in [6.07, 6.45) is 1.29. The Kier molecular flexibility index (Phi) is 4.49. The molecule has 0 unspecified atom stereocenters. The van der Waals surface area contributed by atoms with E-state index in [9.17, 15) is 24.5 Å². The van der Waals surface area contributed by atoms with Crippen LogP contribution in [0.15, 0.2) is 42.0 Å². The number of nitro benzene ring substituents is 1. The Bertz CT molecular complexity index is 963. The van der Waals surface area contributed by atoms with Crippen LogP contribution in [0.25, 0.3) is 16.8 Å². The van der Waals surface area contributed by atoms with Gasteiger partial charge in [-0.15, -0.1) is 5.06 Å². The van der Waals surface area contributed by atoms with E-state index in [4.69, 9.17) is 4.84 Å². The molecule has 0 N–H and O–H groups in total. The average Bonchev–Trinajstić information content (AvgIpc) is 2.92. The van der Waals surface area contributed by atoms with Crippen molar-refractivity contribution in [2.75, 3.05) is 0 Å². The van der Waals surface area contributed by atoms with Crippen LogP contribution in [-0.4, -0.2) is 27.8 Å². The van der Waals surface area contributed by atoms with Crippen molar-refractivity contribution >= 4 is 40.3 Å². The van der Waals surface area contributed by atoms with E-state index in [1.807, 2.05) is 0 Å². The van der Waals surface area contributed by atoms with Gasteiger partial charge in [0.15, 0.2) is 0 Å². The topological polar surface area (TPSA) is 107 Å². The van der Waals surface area contributed by atoms with Gasteiger partial charge in [-0.25, -0.2) is 4.79 Å². The zero-order valence-corrected chi connectivity index (χ0v) is 13.8. The second-order valence-corrected chi connectivity index (χ2v) is 5.80. The minimum absolute atomic E-state index is 0.00891. The van der Waals surface area contributed by atoms with Gasteiger partial charge in [-0.2, -0.15) is 0 Å². The largest absolute Gasteiger partial charge is 0.359 e. The molecule has 26 heavy (non-hydrogen) atoms. The zero-order valence-electron chi connectivity index (χ0n) is 13.8. The monoisotopic (exact) mass is 354 g/mol.